The van der Waals surface area contributed by atoms with E-state index in [9.17, 15) is 9.59 Å². The van der Waals surface area contributed by atoms with Crippen LogP contribution in [-0.4, -0.2) is 32.6 Å². The van der Waals surface area contributed by atoms with Crippen molar-refractivity contribution in [1.29, 1.82) is 0 Å². The second kappa shape index (κ2) is 9.90. The van der Waals surface area contributed by atoms with Crippen molar-refractivity contribution in [2.45, 2.75) is 37.8 Å². The van der Waals surface area contributed by atoms with Gasteiger partial charge in [0.15, 0.2) is 5.78 Å². The topological polar surface area (TPSA) is 98.0 Å². The average molecular weight is 491 g/mol. The summed E-state index contributed by atoms with van der Waals surface area (Å²) in [5.41, 5.74) is 4.17. The van der Waals surface area contributed by atoms with Crippen molar-refractivity contribution in [1.82, 2.24) is 15.2 Å². The van der Waals surface area contributed by atoms with Gasteiger partial charge in [-0.05, 0) is 50.3 Å². The molecular formula is C25H22N4O3S2. The number of thiophene rings is 1. The third-order valence-corrected chi connectivity index (χ3v) is 7.63. The van der Waals surface area contributed by atoms with Crippen LogP contribution in [0.15, 0.2) is 58.4 Å². The van der Waals surface area contributed by atoms with E-state index < -0.39 is 0 Å². The Labute approximate surface area is 205 Å². The second-order valence-electron chi connectivity index (χ2n) is 8.06. The molecule has 1 aromatic carbocycles. The van der Waals surface area contributed by atoms with Crippen LogP contribution in [0.3, 0.4) is 0 Å². The summed E-state index contributed by atoms with van der Waals surface area (Å²) in [4.78, 5) is 31.5. The Kier molecular flexibility index (Phi) is 6.55. The van der Waals surface area contributed by atoms with E-state index in [1.807, 2.05) is 37.3 Å². The SMILES string of the molecule is Cc1ccc(C(=O)c2c(NC(=O)CSc3nnc(-c4cccnc4)o3)sc3c2CCCC3)cc1. The minimum Gasteiger partial charge on any atom is -0.411 e. The lowest BCUT2D eigenvalue weighted by Crippen LogP contribution is -2.16. The van der Waals surface area contributed by atoms with Gasteiger partial charge in [0.25, 0.3) is 5.22 Å². The number of nitrogens with one attached hydrogen (secondary N) is 1. The van der Waals surface area contributed by atoms with Crippen LogP contribution in [0.4, 0.5) is 5.00 Å². The van der Waals surface area contributed by atoms with Gasteiger partial charge in [-0.2, -0.15) is 0 Å². The molecule has 0 bridgehead atoms. The third-order valence-electron chi connectivity index (χ3n) is 5.61. The number of thioether (sulfide) groups is 1. The van der Waals surface area contributed by atoms with Gasteiger partial charge >= 0.3 is 0 Å². The van der Waals surface area contributed by atoms with Gasteiger partial charge in [0.2, 0.25) is 11.8 Å². The molecule has 0 aliphatic heterocycles. The maximum atomic E-state index is 13.4. The molecule has 0 atom stereocenters. The maximum Gasteiger partial charge on any atom is 0.277 e. The number of carbonyl (C=O) groups is 2. The molecule has 0 unspecified atom stereocenters. The number of hydrogen-bond acceptors (Lipinski definition) is 8. The number of fused-ring (bicyclic) bond motifs is 1. The summed E-state index contributed by atoms with van der Waals surface area (Å²) in [6.07, 6.45) is 7.27. The normalized spacial score (nSPS) is 12.9. The van der Waals surface area contributed by atoms with Crippen molar-refractivity contribution in [3.05, 3.63) is 75.9 Å². The van der Waals surface area contributed by atoms with Gasteiger partial charge in [0.1, 0.15) is 5.00 Å². The number of hydrogen-bond donors (Lipinski definition) is 1. The molecule has 34 heavy (non-hydrogen) atoms. The van der Waals surface area contributed by atoms with E-state index in [0.29, 0.717) is 27.2 Å². The fourth-order valence-corrected chi connectivity index (χ4v) is 5.77. The fraction of sp³-hybridized carbons (Fsp3) is 0.240. The van der Waals surface area contributed by atoms with Crippen LogP contribution in [-0.2, 0) is 17.6 Å². The van der Waals surface area contributed by atoms with Gasteiger partial charge in [-0.25, -0.2) is 0 Å². The molecule has 9 heteroatoms. The highest BCUT2D eigenvalue weighted by atomic mass is 32.2. The average Bonchev–Trinajstić information content (AvgIpc) is 3.48. The Bertz CT molecular complexity index is 1330. The minimum absolute atomic E-state index is 0.0413. The Morgan fingerprint density at radius 3 is 2.74 bits per heavy atom. The summed E-state index contributed by atoms with van der Waals surface area (Å²) >= 11 is 2.68. The number of aryl methyl sites for hydroxylation is 2. The van der Waals surface area contributed by atoms with Crippen molar-refractivity contribution in [3.63, 3.8) is 0 Å². The monoisotopic (exact) mass is 490 g/mol. The number of pyridine rings is 1. The molecule has 4 aromatic rings. The van der Waals surface area contributed by atoms with Crippen LogP contribution in [0, 0.1) is 6.92 Å². The molecule has 1 aliphatic carbocycles. The molecular weight excluding hydrogens is 468 g/mol. The molecule has 172 valence electrons. The van der Waals surface area contributed by atoms with Crippen molar-refractivity contribution < 1.29 is 14.0 Å². The fourth-order valence-electron chi connectivity index (χ4n) is 3.91. The van der Waals surface area contributed by atoms with Crippen molar-refractivity contribution in [2.75, 3.05) is 11.1 Å². The van der Waals surface area contributed by atoms with Crippen molar-refractivity contribution >= 4 is 39.8 Å². The number of amides is 1. The molecule has 1 amide bonds. The summed E-state index contributed by atoms with van der Waals surface area (Å²) in [5, 5.41) is 11.9. The Hall–Kier alpha value is -3.30. The van der Waals surface area contributed by atoms with Gasteiger partial charge in [-0.15, -0.1) is 21.5 Å². The van der Waals surface area contributed by atoms with Gasteiger partial charge in [-0.1, -0.05) is 41.6 Å². The summed E-state index contributed by atoms with van der Waals surface area (Å²) in [6, 6.07) is 11.2. The number of benzene rings is 1. The molecule has 5 rings (SSSR count). The minimum atomic E-state index is -0.220. The van der Waals surface area contributed by atoms with Crippen LogP contribution in [0.5, 0.6) is 0 Å². The molecule has 0 radical (unpaired) electrons. The van der Waals surface area contributed by atoms with Crippen LogP contribution in [0.1, 0.15) is 44.8 Å². The van der Waals surface area contributed by atoms with E-state index in [4.69, 9.17) is 4.42 Å². The van der Waals surface area contributed by atoms with E-state index in [1.54, 1.807) is 18.5 Å². The number of aromatic nitrogens is 3. The predicted octanol–water partition coefficient (Wildman–Crippen LogP) is 5.34. The highest BCUT2D eigenvalue weighted by molar-refractivity contribution is 7.99. The number of anilines is 1. The third kappa shape index (κ3) is 4.80. The smallest absolute Gasteiger partial charge is 0.277 e. The Morgan fingerprint density at radius 2 is 1.94 bits per heavy atom. The van der Waals surface area contributed by atoms with E-state index >= 15 is 0 Å². The zero-order valence-corrected chi connectivity index (χ0v) is 20.2. The van der Waals surface area contributed by atoms with E-state index in [2.05, 4.69) is 20.5 Å². The van der Waals surface area contributed by atoms with Gasteiger partial charge in [0, 0.05) is 22.8 Å². The summed E-state index contributed by atoms with van der Waals surface area (Å²) in [6.45, 7) is 1.99. The lowest BCUT2D eigenvalue weighted by Gasteiger charge is -2.12. The summed E-state index contributed by atoms with van der Waals surface area (Å²) < 4.78 is 5.64. The number of nitrogens with zero attached hydrogens (tertiary/aromatic N) is 3. The predicted molar refractivity (Wildman–Crippen MR) is 132 cm³/mol. The first kappa shape index (κ1) is 22.5. The summed E-state index contributed by atoms with van der Waals surface area (Å²) in [7, 11) is 0. The zero-order chi connectivity index (χ0) is 23.5. The molecule has 1 N–H and O–H groups in total. The van der Waals surface area contributed by atoms with Crippen LogP contribution in [0.25, 0.3) is 11.5 Å². The standard InChI is InChI=1S/C25H22N4O3S2/c1-15-8-10-16(11-9-15)22(31)21-18-6-2-3-7-19(18)34-24(21)27-20(30)14-33-25-29-28-23(32-25)17-5-4-12-26-13-17/h4-5,8-13H,2-3,6-7,14H2,1H3,(H,27,30). The van der Waals surface area contributed by atoms with Crippen molar-refractivity contribution in [2.24, 2.45) is 0 Å². The second-order valence-corrected chi connectivity index (χ2v) is 10.1. The largest absolute Gasteiger partial charge is 0.411 e. The van der Waals surface area contributed by atoms with Crippen LogP contribution in [0.2, 0.25) is 0 Å². The van der Waals surface area contributed by atoms with E-state index in [0.717, 1.165) is 54.1 Å². The quantitative estimate of drug-likeness (QED) is 0.276. The molecule has 0 spiro atoms. The number of carbonyl (C=O) groups excluding carboxylic acids is 2. The first-order chi connectivity index (χ1) is 16.6. The van der Waals surface area contributed by atoms with Crippen LogP contribution >= 0.6 is 23.1 Å². The van der Waals surface area contributed by atoms with Gasteiger partial charge < -0.3 is 9.73 Å². The highest BCUT2D eigenvalue weighted by Gasteiger charge is 2.27. The van der Waals surface area contributed by atoms with E-state index in [1.165, 1.54) is 16.2 Å². The molecule has 3 heterocycles. The molecule has 1 aliphatic rings. The number of rotatable bonds is 7. The van der Waals surface area contributed by atoms with Crippen molar-refractivity contribution in [3.8, 4) is 11.5 Å². The number of ketones is 1. The highest BCUT2D eigenvalue weighted by Crippen LogP contribution is 2.39. The Morgan fingerprint density at radius 1 is 1.12 bits per heavy atom. The lowest BCUT2D eigenvalue weighted by molar-refractivity contribution is -0.113. The summed E-state index contributed by atoms with van der Waals surface area (Å²) in [5.74, 6) is 0.186. The molecule has 0 saturated carbocycles. The van der Waals surface area contributed by atoms with E-state index in [-0.39, 0.29) is 17.4 Å². The van der Waals surface area contributed by atoms with Crippen LogP contribution < -0.4 is 5.32 Å². The zero-order valence-electron chi connectivity index (χ0n) is 18.5. The lowest BCUT2D eigenvalue weighted by atomic mass is 9.91. The van der Waals surface area contributed by atoms with Gasteiger partial charge in [-0.3, -0.25) is 14.6 Å². The first-order valence-corrected chi connectivity index (χ1v) is 12.8. The van der Waals surface area contributed by atoms with Gasteiger partial charge in [0.05, 0.1) is 16.9 Å². The molecule has 7 nitrogen and oxygen atoms in total. The maximum absolute atomic E-state index is 13.4. The molecule has 0 fully saturated rings. The first-order valence-electron chi connectivity index (χ1n) is 11.0. The molecule has 3 aromatic heterocycles. The molecule has 0 saturated heterocycles. The Balaban J connectivity index is 1.31.